The van der Waals surface area contributed by atoms with E-state index in [0.717, 1.165) is 50.7 Å². The topological polar surface area (TPSA) is 61.8 Å². The van der Waals surface area contributed by atoms with Crippen molar-refractivity contribution in [1.29, 1.82) is 0 Å². The lowest BCUT2D eigenvalue weighted by molar-refractivity contribution is 0.0389. The van der Waals surface area contributed by atoms with Crippen molar-refractivity contribution in [2.75, 3.05) is 39.4 Å². The number of hydrogen-bond acceptors (Lipinski definition) is 5. The van der Waals surface area contributed by atoms with Gasteiger partial charge in [-0.3, -0.25) is 15.3 Å². The van der Waals surface area contributed by atoms with Gasteiger partial charge in [-0.25, -0.2) is 0 Å². The molecule has 0 aliphatic carbocycles. The number of hydrazone groups is 1. The van der Waals surface area contributed by atoms with E-state index in [0.29, 0.717) is 5.11 Å². The smallest absolute Gasteiger partial charge is 0.187 e. The Bertz CT molecular complexity index is 474. The molecule has 2 heterocycles. The zero-order chi connectivity index (χ0) is 14.9. The molecule has 2 N–H and O–H groups in total. The summed E-state index contributed by atoms with van der Waals surface area (Å²) in [6, 6.07) is 3.84. The number of morpholine rings is 1. The van der Waals surface area contributed by atoms with E-state index in [1.54, 1.807) is 12.4 Å². The number of pyridine rings is 1. The van der Waals surface area contributed by atoms with E-state index in [1.165, 1.54) is 0 Å². The minimum absolute atomic E-state index is 0.534. The second kappa shape index (κ2) is 8.66. The lowest BCUT2D eigenvalue weighted by Gasteiger charge is -2.26. The molecule has 1 aromatic heterocycles. The Hall–Kier alpha value is -1.57. The Balaban J connectivity index is 1.67. The Morgan fingerprint density at radius 1 is 1.48 bits per heavy atom. The third kappa shape index (κ3) is 5.74. The second-order valence-corrected chi connectivity index (χ2v) is 5.17. The van der Waals surface area contributed by atoms with E-state index in [-0.39, 0.29) is 0 Å². The summed E-state index contributed by atoms with van der Waals surface area (Å²) in [5.41, 5.74) is 4.68. The van der Waals surface area contributed by atoms with Crippen LogP contribution in [0.15, 0.2) is 29.6 Å². The molecule has 114 valence electrons. The van der Waals surface area contributed by atoms with Crippen LogP contribution in [0.3, 0.4) is 0 Å². The molecule has 0 bridgehead atoms. The van der Waals surface area contributed by atoms with Crippen molar-refractivity contribution < 1.29 is 4.74 Å². The summed E-state index contributed by atoms with van der Waals surface area (Å²) < 4.78 is 5.31. The van der Waals surface area contributed by atoms with Crippen LogP contribution in [-0.4, -0.2) is 60.1 Å². The highest BCUT2D eigenvalue weighted by Crippen LogP contribution is 1.97. The molecule has 1 aromatic rings. The predicted octanol–water partition coefficient (Wildman–Crippen LogP) is 0.602. The Labute approximate surface area is 130 Å². The first kappa shape index (κ1) is 15.8. The molecule has 1 aliphatic heterocycles. The normalized spacial score (nSPS) is 16.5. The molecule has 0 amide bonds. The number of nitrogens with zero attached hydrogens (tertiary/aromatic N) is 3. The summed E-state index contributed by atoms with van der Waals surface area (Å²) in [4.78, 5) is 6.41. The van der Waals surface area contributed by atoms with E-state index >= 15 is 0 Å². The largest absolute Gasteiger partial charge is 0.379 e. The quantitative estimate of drug-likeness (QED) is 0.472. The highest BCUT2D eigenvalue weighted by atomic mass is 32.1. The molecule has 0 spiro atoms. The van der Waals surface area contributed by atoms with Crippen molar-refractivity contribution in [2.45, 2.75) is 6.92 Å². The van der Waals surface area contributed by atoms with E-state index in [9.17, 15) is 0 Å². The number of ether oxygens (including phenoxy) is 1. The Morgan fingerprint density at radius 3 is 3.00 bits per heavy atom. The van der Waals surface area contributed by atoms with Gasteiger partial charge in [0.2, 0.25) is 0 Å². The second-order valence-electron chi connectivity index (χ2n) is 4.76. The van der Waals surface area contributed by atoms with Gasteiger partial charge in [-0.2, -0.15) is 5.10 Å². The van der Waals surface area contributed by atoms with Crippen molar-refractivity contribution >= 4 is 23.0 Å². The molecule has 0 unspecified atom stereocenters. The lowest BCUT2D eigenvalue weighted by atomic mass is 10.2. The van der Waals surface area contributed by atoms with Gasteiger partial charge in [0.1, 0.15) is 0 Å². The average molecular weight is 307 g/mol. The van der Waals surface area contributed by atoms with E-state index in [4.69, 9.17) is 17.0 Å². The van der Waals surface area contributed by atoms with Crippen LogP contribution in [-0.2, 0) is 4.74 Å². The van der Waals surface area contributed by atoms with Crippen molar-refractivity contribution in [1.82, 2.24) is 20.6 Å². The Kier molecular flexibility index (Phi) is 6.52. The number of thiocarbonyl (C=S) groups is 1. The minimum Gasteiger partial charge on any atom is -0.379 e. The van der Waals surface area contributed by atoms with Crippen LogP contribution >= 0.6 is 12.2 Å². The summed E-state index contributed by atoms with van der Waals surface area (Å²) >= 11 is 5.20. The fourth-order valence-electron chi connectivity index (χ4n) is 1.97. The van der Waals surface area contributed by atoms with Gasteiger partial charge < -0.3 is 10.1 Å². The molecule has 2 rings (SSSR count). The standard InChI is InChI=1S/C14H21N5OS/c1-12(13-3-2-4-15-11-13)17-18-14(21)16-5-6-19-7-9-20-10-8-19/h2-4,11H,5-10H2,1H3,(H2,16,18,21). The van der Waals surface area contributed by atoms with Gasteiger partial charge in [-0.15, -0.1) is 0 Å². The third-order valence-electron chi connectivity index (χ3n) is 3.22. The molecular formula is C14H21N5OS. The maximum Gasteiger partial charge on any atom is 0.187 e. The van der Waals surface area contributed by atoms with Crippen LogP contribution in [0, 0.1) is 0 Å². The fourth-order valence-corrected chi connectivity index (χ4v) is 2.12. The van der Waals surface area contributed by atoms with Gasteiger partial charge in [-0.1, -0.05) is 6.07 Å². The number of aromatic nitrogens is 1. The van der Waals surface area contributed by atoms with Crippen molar-refractivity contribution in [2.24, 2.45) is 5.10 Å². The van der Waals surface area contributed by atoms with Crippen molar-refractivity contribution in [3.63, 3.8) is 0 Å². The van der Waals surface area contributed by atoms with Crippen LogP contribution in [0.5, 0.6) is 0 Å². The van der Waals surface area contributed by atoms with Gasteiger partial charge in [0.05, 0.1) is 18.9 Å². The maximum atomic E-state index is 5.31. The molecule has 0 radical (unpaired) electrons. The number of rotatable bonds is 5. The number of hydrogen-bond donors (Lipinski definition) is 2. The Morgan fingerprint density at radius 2 is 2.29 bits per heavy atom. The van der Waals surface area contributed by atoms with Gasteiger partial charge in [0, 0.05) is 44.1 Å². The first-order chi connectivity index (χ1) is 10.3. The first-order valence-electron chi connectivity index (χ1n) is 7.04. The van der Waals surface area contributed by atoms with Gasteiger partial charge in [-0.05, 0) is 25.2 Å². The van der Waals surface area contributed by atoms with Crippen LogP contribution in [0.25, 0.3) is 0 Å². The number of nitrogens with one attached hydrogen (secondary N) is 2. The molecule has 7 heteroatoms. The molecule has 0 saturated carbocycles. The van der Waals surface area contributed by atoms with Crippen molar-refractivity contribution in [3.05, 3.63) is 30.1 Å². The molecule has 0 atom stereocenters. The third-order valence-corrected chi connectivity index (χ3v) is 3.46. The SMILES string of the molecule is CC(=NNC(=S)NCCN1CCOCC1)c1cccnc1. The van der Waals surface area contributed by atoms with Gasteiger partial charge in [0.25, 0.3) is 0 Å². The summed E-state index contributed by atoms with van der Waals surface area (Å²) in [6.45, 7) is 7.28. The summed E-state index contributed by atoms with van der Waals surface area (Å²) in [6.07, 6.45) is 3.51. The first-order valence-corrected chi connectivity index (χ1v) is 7.45. The monoisotopic (exact) mass is 307 g/mol. The molecule has 1 fully saturated rings. The molecule has 1 aliphatic rings. The lowest BCUT2D eigenvalue weighted by Crippen LogP contribution is -2.42. The van der Waals surface area contributed by atoms with Crippen LogP contribution < -0.4 is 10.7 Å². The zero-order valence-electron chi connectivity index (χ0n) is 12.2. The highest BCUT2D eigenvalue weighted by molar-refractivity contribution is 7.80. The minimum atomic E-state index is 0.534. The van der Waals surface area contributed by atoms with Crippen LogP contribution in [0.1, 0.15) is 12.5 Å². The molecular weight excluding hydrogens is 286 g/mol. The average Bonchev–Trinajstić information content (AvgIpc) is 2.54. The predicted molar refractivity (Wildman–Crippen MR) is 87.4 cm³/mol. The molecule has 21 heavy (non-hydrogen) atoms. The van der Waals surface area contributed by atoms with Crippen LogP contribution in [0.4, 0.5) is 0 Å². The zero-order valence-corrected chi connectivity index (χ0v) is 13.0. The fraction of sp³-hybridized carbons (Fsp3) is 0.500. The van der Waals surface area contributed by atoms with Crippen LogP contribution in [0.2, 0.25) is 0 Å². The highest BCUT2D eigenvalue weighted by Gasteiger charge is 2.09. The van der Waals surface area contributed by atoms with Crippen molar-refractivity contribution in [3.8, 4) is 0 Å². The molecule has 1 saturated heterocycles. The van der Waals surface area contributed by atoms with Gasteiger partial charge >= 0.3 is 0 Å². The molecule has 6 nitrogen and oxygen atoms in total. The van der Waals surface area contributed by atoms with E-state index in [1.807, 2.05) is 19.1 Å². The van der Waals surface area contributed by atoms with Gasteiger partial charge in [0.15, 0.2) is 5.11 Å². The van der Waals surface area contributed by atoms with E-state index < -0.39 is 0 Å². The summed E-state index contributed by atoms with van der Waals surface area (Å²) in [5.74, 6) is 0. The summed E-state index contributed by atoms with van der Waals surface area (Å²) in [7, 11) is 0. The molecule has 0 aromatic carbocycles. The summed E-state index contributed by atoms with van der Waals surface area (Å²) in [5, 5.41) is 7.93. The maximum absolute atomic E-state index is 5.31. The van der Waals surface area contributed by atoms with E-state index in [2.05, 4.69) is 25.7 Å².